The van der Waals surface area contributed by atoms with Gasteiger partial charge in [-0.2, -0.15) is 23.7 Å². The summed E-state index contributed by atoms with van der Waals surface area (Å²) >= 11 is 0. The Morgan fingerprint density at radius 3 is 2.19 bits per heavy atom. The zero-order valence-corrected chi connectivity index (χ0v) is 16.7. The molecular formula is C17H24F3N3O2Si. The summed E-state index contributed by atoms with van der Waals surface area (Å²) in [6, 6.07) is 4.94. The van der Waals surface area contributed by atoms with E-state index in [0.717, 1.165) is 0 Å². The molecule has 0 fully saturated rings. The molecule has 0 amide bonds. The number of alkyl halides is 3. The topological polar surface area (TPSA) is 82.8 Å². The second-order valence-electron chi connectivity index (χ2n) is 7.93. The molecule has 1 rings (SSSR count). The van der Waals surface area contributed by atoms with E-state index in [9.17, 15) is 23.7 Å². The first-order valence-electron chi connectivity index (χ1n) is 8.21. The summed E-state index contributed by atoms with van der Waals surface area (Å²) < 4.78 is 48.5. The minimum absolute atomic E-state index is 0.0181. The van der Waals surface area contributed by atoms with Gasteiger partial charge in [-0.1, -0.05) is 25.9 Å². The molecule has 0 atom stereocenters. The van der Waals surface area contributed by atoms with Crippen LogP contribution < -0.4 is 0 Å². The third kappa shape index (κ3) is 6.15. The zero-order chi connectivity index (χ0) is 20.2. The summed E-state index contributed by atoms with van der Waals surface area (Å²) in [7, 11) is -1.99. The van der Waals surface area contributed by atoms with Crippen molar-refractivity contribution in [3.63, 3.8) is 0 Å². The van der Waals surface area contributed by atoms with E-state index in [4.69, 9.17) is 8.95 Å². The molecule has 0 aliphatic rings. The maximum Gasteiger partial charge on any atom is 0.389 e. The lowest BCUT2D eigenvalue weighted by atomic mass is 9.82. The molecule has 1 heterocycles. The van der Waals surface area contributed by atoms with Gasteiger partial charge in [-0.25, -0.2) is 0 Å². The lowest BCUT2D eigenvalue weighted by Gasteiger charge is -2.35. The van der Waals surface area contributed by atoms with Crippen LogP contribution >= 0.6 is 0 Å². The maximum absolute atomic E-state index is 12.4. The fourth-order valence-corrected chi connectivity index (χ4v) is 2.88. The van der Waals surface area contributed by atoms with Gasteiger partial charge in [-0.3, -0.25) is 0 Å². The molecule has 0 N–H and O–H groups in total. The molecule has 0 aromatic carbocycles. The molecule has 0 radical (unpaired) electrons. The van der Waals surface area contributed by atoms with Crippen molar-refractivity contribution < 1.29 is 22.1 Å². The molecule has 0 aliphatic heterocycles. The molecule has 26 heavy (non-hydrogen) atoms. The van der Waals surface area contributed by atoms with E-state index in [1.54, 1.807) is 12.1 Å². The van der Waals surface area contributed by atoms with Crippen molar-refractivity contribution in [3.8, 4) is 12.1 Å². The van der Waals surface area contributed by atoms with Gasteiger partial charge in [-0.05, 0) is 24.6 Å². The van der Waals surface area contributed by atoms with Crippen LogP contribution in [0.1, 0.15) is 45.1 Å². The Balaban J connectivity index is 2.80. The highest BCUT2D eigenvalue weighted by atomic mass is 28.4. The van der Waals surface area contributed by atoms with Crippen LogP contribution in [0.15, 0.2) is 10.6 Å². The minimum atomic E-state index is -4.43. The Bertz CT molecular complexity index is 680. The standard InChI is InChI=1S/C17H24F3N3O2Si/c1-15(2,3)26(4,5)24-10-14-8-13(23-25-14)9-16(11-21,12-22)6-7-17(18,19)20/h8H,6-7,9-10H2,1-5H3. The van der Waals surface area contributed by atoms with Gasteiger partial charge < -0.3 is 8.95 Å². The van der Waals surface area contributed by atoms with Gasteiger partial charge in [0.1, 0.15) is 5.41 Å². The average Bonchev–Trinajstić information content (AvgIpc) is 2.95. The average molecular weight is 387 g/mol. The van der Waals surface area contributed by atoms with Crippen LogP contribution in [0, 0.1) is 28.1 Å². The monoisotopic (exact) mass is 387 g/mol. The maximum atomic E-state index is 12.4. The summed E-state index contributed by atoms with van der Waals surface area (Å²) in [5.41, 5.74) is -1.52. The molecule has 0 saturated heterocycles. The Kier molecular flexibility index (Phi) is 6.67. The van der Waals surface area contributed by atoms with Crippen LogP contribution in [-0.2, 0) is 17.5 Å². The van der Waals surface area contributed by atoms with E-state index < -0.39 is 32.8 Å². The van der Waals surface area contributed by atoms with Crippen molar-refractivity contribution >= 4 is 8.32 Å². The molecule has 0 aliphatic carbocycles. The Hall–Kier alpha value is -1.84. The lowest BCUT2D eigenvalue weighted by molar-refractivity contribution is -0.138. The summed E-state index contributed by atoms with van der Waals surface area (Å²) in [6.45, 7) is 10.6. The Morgan fingerprint density at radius 1 is 1.15 bits per heavy atom. The van der Waals surface area contributed by atoms with Crippen LogP contribution in [0.4, 0.5) is 13.2 Å². The third-order valence-corrected chi connectivity index (χ3v) is 9.21. The van der Waals surface area contributed by atoms with Gasteiger partial charge in [-0.15, -0.1) is 0 Å². The fourth-order valence-electron chi connectivity index (χ4n) is 1.94. The normalized spacial score (nSPS) is 13.3. The molecule has 1 aromatic rings. The van der Waals surface area contributed by atoms with Gasteiger partial charge in [0.15, 0.2) is 14.1 Å². The smallest absolute Gasteiger partial charge is 0.389 e. The molecule has 5 nitrogen and oxygen atoms in total. The molecule has 9 heteroatoms. The predicted molar refractivity (Wildman–Crippen MR) is 91.1 cm³/mol. The van der Waals surface area contributed by atoms with E-state index in [1.165, 1.54) is 6.07 Å². The third-order valence-electron chi connectivity index (χ3n) is 4.74. The zero-order valence-electron chi connectivity index (χ0n) is 15.7. The van der Waals surface area contributed by atoms with Gasteiger partial charge >= 0.3 is 6.18 Å². The molecule has 0 spiro atoms. The Labute approximate surface area is 152 Å². The van der Waals surface area contributed by atoms with Crippen LogP contribution in [0.25, 0.3) is 0 Å². The van der Waals surface area contributed by atoms with E-state index >= 15 is 0 Å². The summed E-state index contributed by atoms with van der Waals surface area (Å²) in [4.78, 5) is 0. The number of halogens is 3. The van der Waals surface area contributed by atoms with Crippen LogP contribution in [0.5, 0.6) is 0 Å². The van der Waals surface area contributed by atoms with E-state index in [1.807, 2.05) is 0 Å². The van der Waals surface area contributed by atoms with Crippen molar-refractivity contribution in [2.45, 2.75) is 70.9 Å². The largest absolute Gasteiger partial charge is 0.409 e. The SMILES string of the molecule is CC(C)(C)[Si](C)(C)OCc1cc(CC(C#N)(C#N)CCC(F)(F)F)no1. The first-order valence-corrected chi connectivity index (χ1v) is 11.1. The van der Waals surface area contributed by atoms with Gasteiger partial charge in [0, 0.05) is 18.9 Å². The van der Waals surface area contributed by atoms with Gasteiger partial charge in [0.25, 0.3) is 0 Å². The van der Waals surface area contributed by atoms with Gasteiger partial charge in [0.2, 0.25) is 0 Å². The van der Waals surface area contributed by atoms with Crippen LogP contribution in [0.3, 0.4) is 0 Å². The number of hydrogen-bond acceptors (Lipinski definition) is 5. The highest BCUT2D eigenvalue weighted by molar-refractivity contribution is 6.74. The number of aromatic nitrogens is 1. The first-order chi connectivity index (χ1) is 11.7. The summed E-state index contributed by atoms with van der Waals surface area (Å²) in [5.74, 6) is 0.422. The number of rotatable bonds is 7. The van der Waals surface area contributed by atoms with Crippen molar-refractivity contribution in [2.24, 2.45) is 5.41 Å². The summed E-state index contributed by atoms with van der Waals surface area (Å²) in [5, 5.41) is 22.2. The predicted octanol–water partition coefficient (Wildman–Crippen LogP) is 5.11. The first kappa shape index (κ1) is 22.2. The van der Waals surface area contributed by atoms with Crippen LogP contribution in [-0.4, -0.2) is 19.7 Å². The highest BCUT2D eigenvalue weighted by Crippen LogP contribution is 2.37. The molecule has 1 aromatic heterocycles. The molecule has 0 bridgehead atoms. The quantitative estimate of drug-likeness (QED) is 0.607. The fraction of sp³-hybridized carbons (Fsp3) is 0.706. The number of nitriles is 2. The number of hydrogen-bond donors (Lipinski definition) is 0. The van der Waals surface area contributed by atoms with Crippen molar-refractivity contribution in [1.29, 1.82) is 10.5 Å². The lowest BCUT2D eigenvalue weighted by Crippen LogP contribution is -2.40. The summed E-state index contributed by atoms with van der Waals surface area (Å²) in [6.07, 6.45) is -6.45. The second-order valence-corrected chi connectivity index (χ2v) is 12.7. The van der Waals surface area contributed by atoms with Crippen molar-refractivity contribution in [3.05, 3.63) is 17.5 Å². The Morgan fingerprint density at radius 2 is 1.73 bits per heavy atom. The van der Waals surface area contributed by atoms with Crippen molar-refractivity contribution in [2.75, 3.05) is 0 Å². The molecule has 0 unspecified atom stereocenters. The minimum Gasteiger partial charge on any atom is -0.409 e. The highest BCUT2D eigenvalue weighted by Gasteiger charge is 2.39. The van der Waals surface area contributed by atoms with E-state index in [-0.39, 0.29) is 23.8 Å². The van der Waals surface area contributed by atoms with Gasteiger partial charge in [0.05, 0.1) is 24.4 Å². The van der Waals surface area contributed by atoms with Crippen molar-refractivity contribution in [1.82, 2.24) is 5.16 Å². The second kappa shape index (κ2) is 7.81. The molecule has 0 saturated carbocycles. The number of nitrogens with zero attached hydrogens (tertiary/aromatic N) is 3. The van der Waals surface area contributed by atoms with Crippen LogP contribution in [0.2, 0.25) is 18.1 Å². The van der Waals surface area contributed by atoms with E-state index in [0.29, 0.717) is 5.76 Å². The molecular weight excluding hydrogens is 363 g/mol. The van der Waals surface area contributed by atoms with E-state index in [2.05, 4.69) is 39.0 Å². The molecule has 144 valence electrons.